The van der Waals surface area contributed by atoms with Crippen molar-refractivity contribution in [3.05, 3.63) is 30.0 Å². The van der Waals surface area contributed by atoms with E-state index in [4.69, 9.17) is 10.2 Å². The van der Waals surface area contributed by atoms with Crippen molar-refractivity contribution >= 4 is 5.91 Å². The molecule has 0 aliphatic carbocycles. The first-order chi connectivity index (χ1) is 8.81. The van der Waals surface area contributed by atoms with Gasteiger partial charge in [-0.05, 0) is 24.2 Å². The van der Waals surface area contributed by atoms with Gasteiger partial charge in [-0.15, -0.1) is 0 Å². The minimum Gasteiger partial charge on any atom is -0.484 e. The minimum absolute atomic E-state index is 0.478. The van der Waals surface area contributed by atoms with Gasteiger partial charge in [-0.3, -0.25) is 9.63 Å². The van der Waals surface area contributed by atoms with Gasteiger partial charge in [0.05, 0.1) is 12.6 Å². The van der Waals surface area contributed by atoms with Gasteiger partial charge in [-0.1, -0.05) is 0 Å². The van der Waals surface area contributed by atoms with Crippen LogP contribution in [0.2, 0.25) is 0 Å². The second kappa shape index (κ2) is 5.31. The fourth-order valence-electron chi connectivity index (χ4n) is 0.685. The summed E-state index contributed by atoms with van der Waals surface area (Å²) in [5, 5.41) is 0.875. The smallest absolute Gasteiger partial charge is 0.283 e. The molecule has 0 spiro atoms. The van der Waals surface area contributed by atoms with Gasteiger partial charge in [-0.25, -0.2) is 9.45 Å². The molecular weight excluding hydrogens is 201 g/mol. The van der Waals surface area contributed by atoms with E-state index in [0.717, 1.165) is 5.06 Å². The van der Waals surface area contributed by atoms with Gasteiger partial charge in [0, 0.05) is 7.05 Å². The highest BCUT2D eigenvalue weighted by atomic mass is 19.1. The normalized spacial score (nSPS) is 13.5. The summed E-state index contributed by atoms with van der Waals surface area (Å²) in [5.41, 5.74) is 0. The Labute approximate surface area is 92.8 Å². The number of carbonyl (C=O) groups is 1. The molecule has 0 atom stereocenters. The third-order valence-electron chi connectivity index (χ3n) is 1.54. The van der Waals surface area contributed by atoms with Gasteiger partial charge in [0.2, 0.25) is 0 Å². The lowest BCUT2D eigenvalue weighted by Gasteiger charge is -2.13. The van der Waals surface area contributed by atoms with E-state index in [0.29, 0.717) is 0 Å². The zero-order valence-corrected chi connectivity index (χ0v) is 8.26. The molecule has 0 fully saturated rings. The Balaban J connectivity index is 3.00. The molecule has 0 heterocycles. The summed E-state index contributed by atoms with van der Waals surface area (Å²) < 4.78 is 47.6. The molecule has 0 aromatic heterocycles. The van der Waals surface area contributed by atoms with Gasteiger partial charge >= 0.3 is 0 Å². The topological polar surface area (TPSA) is 38.8 Å². The molecule has 1 rings (SSSR count). The van der Waals surface area contributed by atoms with Crippen molar-refractivity contribution in [3.8, 4) is 5.75 Å². The minimum atomic E-state index is -1.26. The highest BCUT2D eigenvalue weighted by Crippen LogP contribution is 2.10. The molecule has 0 saturated carbocycles. The molecule has 0 radical (unpaired) electrons. The zero-order chi connectivity index (χ0) is 14.7. The fraction of sp³-hybridized carbons (Fsp3) is 0.300. The van der Waals surface area contributed by atoms with Crippen LogP contribution in [0.5, 0.6) is 5.75 Å². The molecule has 15 heavy (non-hydrogen) atoms. The first-order valence-corrected chi connectivity index (χ1v) is 4.00. The van der Waals surface area contributed by atoms with E-state index >= 15 is 0 Å². The lowest BCUT2D eigenvalue weighted by molar-refractivity contribution is -0.170. The Morgan fingerprint density at radius 3 is 2.67 bits per heavy atom. The third-order valence-corrected chi connectivity index (χ3v) is 1.54. The summed E-state index contributed by atoms with van der Waals surface area (Å²) in [5.74, 6) is -2.33. The summed E-state index contributed by atoms with van der Waals surface area (Å²) in [6.45, 7) is -0.549. The molecule has 5 heteroatoms. The van der Waals surface area contributed by atoms with Crippen LogP contribution in [0, 0.1) is 5.82 Å². The van der Waals surface area contributed by atoms with Crippen molar-refractivity contribution in [1.82, 2.24) is 5.06 Å². The van der Waals surface area contributed by atoms with Crippen molar-refractivity contribution in [2.45, 2.75) is 0 Å². The molecular formula is C10H12FNO3. The number of carbonyl (C=O) groups excluding carboxylic acids is 1. The number of nitrogens with zero attached hydrogens (tertiary/aromatic N) is 1. The van der Waals surface area contributed by atoms with Crippen molar-refractivity contribution < 1.29 is 24.2 Å². The Hall–Kier alpha value is -1.62. The van der Waals surface area contributed by atoms with Crippen LogP contribution < -0.4 is 4.74 Å². The second-order valence-corrected chi connectivity index (χ2v) is 2.51. The summed E-state index contributed by atoms with van der Waals surface area (Å²) in [7, 11) is 2.61. The van der Waals surface area contributed by atoms with Gasteiger partial charge in [-0.2, -0.15) is 0 Å². The number of benzene rings is 1. The standard InChI is InChI=1S/C10H12FNO3/c1-12(14-2)10(13)7-15-9-5-3-8(11)4-6-9/h3-6H,7H2,1-2H3/i3D,4D,5D,6D. The Morgan fingerprint density at radius 2 is 2.13 bits per heavy atom. The number of hydrogen-bond donors (Lipinski definition) is 0. The van der Waals surface area contributed by atoms with Crippen LogP contribution in [0.25, 0.3) is 0 Å². The lowest BCUT2D eigenvalue weighted by Crippen LogP contribution is -2.30. The zero-order valence-electron chi connectivity index (χ0n) is 12.3. The summed E-state index contributed by atoms with van der Waals surface area (Å²) in [6.07, 6.45) is 0. The maximum atomic E-state index is 13.2. The van der Waals surface area contributed by atoms with Crippen molar-refractivity contribution in [3.63, 3.8) is 0 Å². The van der Waals surface area contributed by atoms with E-state index in [9.17, 15) is 9.18 Å². The van der Waals surface area contributed by atoms with Crippen LogP contribution in [0.1, 0.15) is 5.48 Å². The molecule has 0 bridgehead atoms. The molecule has 1 aromatic rings. The van der Waals surface area contributed by atoms with E-state index in [1.54, 1.807) is 0 Å². The Bertz CT molecular complexity index is 483. The number of halogens is 1. The molecule has 0 N–H and O–H groups in total. The van der Waals surface area contributed by atoms with Crippen LogP contribution in [-0.4, -0.2) is 31.7 Å². The third kappa shape index (κ3) is 3.55. The molecule has 0 unspecified atom stereocenters. The number of likely N-dealkylation sites (N-methyl/N-ethyl adjacent to an activating group) is 1. The van der Waals surface area contributed by atoms with Gasteiger partial charge < -0.3 is 4.74 Å². The van der Waals surface area contributed by atoms with Crippen LogP contribution in [0.3, 0.4) is 0 Å². The van der Waals surface area contributed by atoms with Crippen LogP contribution >= 0.6 is 0 Å². The average Bonchev–Trinajstić information content (AvgIpc) is 2.41. The molecule has 0 saturated heterocycles. The maximum Gasteiger partial charge on any atom is 0.283 e. The van der Waals surface area contributed by atoms with Crippen molar-refractivity contribution in [2.24, 2.45) is 0 Å². The first-order valence-electron chi connectivity index (χ1n) is 6.00. The Kier molecular flexibility index (Phi) is 2.40. The molecule has 82 valence electrons. The predicted molar refractivity (Wildman–Crippen MR) is 51.7 cm³/mol. The Morgan fingerprint density at radius 1 is 1.53 bits per heavy atom. The monoisotopic (exact) mass is 217 g/mol. The second-order valence-electron chi connectivity index (χ2n) is 2.51. The maximum absolute atomic E-state index is 13.2. The van der Waals surface area contributed by atoms with Gasteiger partial charge in [0.25, 0.3) is 5.91 Å². The number of hydroxylamine groups is 2. The van der Waals surface area contributed by atoms with Gasteiger partial charge in [0.15, 0.2) is 6.61 Å². The highest BCUT2D eigenvalue weighted by molar-refractivity contribution is 5.76. The molecule has 1 amide bonds. The summed E-state index contributed by atoms with van der Waals surface area (Å²) in [6, 6.07) is -3.04. The molecule has 0 aliphatic heterocycles. The average molecular weight is 217 g/mol. The predicted octanol–water partition coefficient (Wildman–Crippen LogP) is 1.22. The highest BCUT2D eigenvalue weighted by Gasteiger charge is 2.08. The number of ether oxygens (including phenoxy) is 1. The van der Waals surface area contributed by atoms with Crippen molar-refractivity contribution in [2.75, 3.05) is 20.8 Å². The molecule has 4 nitrogen and oxygen atoms in total. The van der Waals surface area contributed by atoms with E-state index < -0.39 is 48.3 Å². The summed E-state index contributed by atoms with van der Waals surface area (Å²) in [4.78, 5) is 16.0. The number of rotatable bonds is 4. The SMILES string of the molecule is [2H]c1c([2H])c(OCC(=O)N(C)OC)c([2H])c([2H])c1F. The van der Waals surface area contributed by atoms with Gasteiger partial charge in [0.1, 0.15) is 11.6 Å². The first kappa shape index (κ1) is 6.79. The van der Waals surface area contributed by atoms with Crippen LogP contribution in [-0.2, 0) is 9.63 Å². The van der Waals surface area contributed by atoms with E-state index in [2.05, 4.69) is 4.84 Å². The van der Waals surface area contributed by atoms with E-state index in [-0.39, 0.29) is 0 Å². The van der Waals surface area contributed by atoms with E-state index in [1.165, 1.54) is 14.2 Å². The van der Waals surface area contributed by atoms with Crippen LogP contribution in [0.4, 0.5) is 4.39 Å². The largest absolute Gasteiger partial charge is 0.484 e. The lowest BCUT2D eigenvalue weighted by atomic mass is 10.3. The van der Waals surface area contributed by atoms with Crippen molar-refractivity contribution in [1.29, 1.82) is 0 Å². The molecule has 1 aromatic carbocycles. The summed E-state index contributed by atoms with van der Waals surface area (Å²) >= 11 is 0. The number of amides is 1. The number of hydrogen-bond acceptors (Lipinski definition) is 3. The quantitative estimate of drug-likeness (QED) is 0.712. The van der Waals surface area contributed by atoms with E-state index in [1.807, 2.05) is 0 Å². The fourth-order valence-corrected chi connectivity index (χ4v) is 0.685. The van der Waals surface area contributed by atoms with Crippen LogP contribution in [0.15, 0.2) is 24.2 Å². The molecule has 0 aliphatic rings.